The predicted molar refractivity (Wildman–Crippen MR) is 103 cm³/mol. The van der Waals surface area contributed by atoms with Gasteiger partial charge in [-0.1, -0.05) is 57.2 Å². The summed E-state index contributed by atoms with van der Waals surface area (Å²) in [6, 6.07) is 8.19. The molecule has 26 heavy (non-hydrogen) atoms. The smallest absolute Gasteiger partial charge is 0.248 e. The Morgan fingerprint density at radius 1 is 1.04 bits per heavy atom. The van der Waals surface area contributed by atoms with Crippen LogP contribution in [-0.4, -0.2) is 12.0 Å². The molecule has 2 aliphatic rings. The van der Waals surface area contributed by atoms with Gasteiger partial charge in [0.25, 0.3) is 0 Å². The van der Waals surface area contributed by atoms with Gasteiger partial charge >= 0.3 is 0 Å². The van der Waals surface area contributed by atoms with Crippen LogP contribution in [0.1, 0.15) is 83.1 Å². The SMILES string of the molecule is CC(CCc1ccccc1OC1CCC(F)(F)CC1)CC1CCCCC1. The quantitative estimate of drug-likeness (QED) is 0.498. The van der Waals surface area contributed by atoms with Gasteiger partial charge in [0.15, 0.2) is 0 Å². The summed E-state index contributed by atoms with van der Waals surface area (Å²) < 4.78 is 32.8. The van der Waals surface area contributed by atoms with Crippen LogP contribution in [0.5, 0.6) is 5.75 Å². The summed E-state index contributed by atoms with van der Waals surface area (Å²) in [7, 11) is 0. The third-order valence-electron chi connectivity index (χ3n) is 6.30. The van der Waals surface area contributed by atoms with E-state index in [1.807, 2.05) is 12.1 Å². The van der Waals surface area contributed by atoms with Crippen LogP contribution in [0.4, 0.5) is 8.78 Å². The third kappa shape index (κ3) is 5.96. The summed E-state index contributed by atoms with van der Waals surface area (Å²) >= 11 is 0. The maximum Gasteiger partial charge on any atom is 0.248 e. The van der Waals surface area contributed by atoms with Gasteiger partial charge in [-0.2, -0.15) is 0 Å². The lowest BCUT2D eigenvalue weighted by atomic mass is 9.82. The maximum atomic E-state index is 13.3. The zero-order valence-electron chi connectivity index (χ0n) is 16.2. The number of para-hydroxylation sites is 1. The van der Waals surface area contributed by atoms with E-state index < -0.39 is 5.92 Å². The van der Waals surface area contributed by atoms with Crippen molar-refractivity contribution in [3.05, 3.63) is 29.8 Å². The highest BCUT2D eigenvalue weighted by atomic mass is 19.3. The minimum atomic E-state index is -2.49. The summed E-state index contributed by atoms with van der Waals surface area (Å²) in [5.74, 6) is 0.0785. The Balaban J connectivity index is 1.49. The lowest BCUT2D eigenvalue weighted by molar-refractivity contribution is -0.0583. The Labute approximate surface area is 157 Å². The molecule has 0 aliphatic heterocycles. The van der Waals surface area contributed by atoms with Crippen molar-refractivity contribution >= 4 is 0 Å². The molecule has 0 N–H and O–H groups in total. The molecule has 3 heteroatoms. The van der Waals surface area contributed by atoms with Crippen molar-refractivity contribution in [2.75, 3.05) is 0 Å². The van der Waals surface area contributed by atoms with Gasteiger partial charge < -0.3 is 4.74 Å². The Bertz CT molecular complexity index is 541. The van der Waals surface area contributed by atoms with Gasteiger partial charge in [-0.25, -0.2) is 8.78 Å². The van der Waals surface area contributed by atoms with E-state index in [0.29, 0.717) is 12.8 Å². The molecular weight excluding hydrogens is 330 g/mol. The monoisotopic (exact) mass is 364 g/mol. The van der Waals surface area contributed by atoms with E-state index in [1.54, 1.807) is 0 Å². The van der Waals surface area contributed by atoms with E-state index in [9.17, 15) is 8.78 Å². The lowest BCUT2D eigenvalue weighted by Crippen LogP contribution is -2.30. The average Bonchev–Trinajstić information content (AvgIpc) is 2.63. The second-order valence-corrected chi connectivity index (χ2v) is 8.66. The Hall–Kier alpha value is -1.12. The highest BCUT2D eigenvalue weighted by Gasteiger charge is 2.35. The zero-order chi connectivity index (χ0) is 18.4. The van der Waals surface area contributed by atoms with Crippen molar-refractivity contribution in [2.24, 2.45) is 11.8 Å². The zero-order valence-corrected chi connectivity index (χ0v) is 16.2. The Morgan fingerprint density at radius 2 is 1.73 bits per heavy atom. The number of halogens is 2. The van der Waals surface area contributed by atoms with Crippen LogP contribution < -0.4 is 4.74 Å². The topological polar surface area (TPSA) is 9.23 Å². The van der Waals surface area contributed by atoms with Crippen LogP contribution in [0, 0.1) is 11.8 Å². The Kier molecular flexibility index (Phi) is 6.94. The predicted octanol–water partition coefficient (Wildman–Crippen LogP) is 7.18. The van der Waals surface area contributed by atoms with Crippen LogP contribution in [-0.2, 0) is 6.42 Å². The highest BCUT2D eigenvalue weighted by Crippen LogP contribution is 2.36. The van der Waals surface area contributed by atoms with Gasteiger partial charge in [0.1, 0.15) is 5.75 Å². The first-order valence-electron chi connectivity index (χ1n) is 10.6. The molecule has 1 aromatic carbocycles. The fraction of sp³-hybridized carbons (Fsp3) is 0.739. The molecular formula is C23H34F2O. The number of alkyl halides is 2. The molecule has 0 heterocycles. The van der Waals surface area contributed by atoms with Gasteiger partial charge in [0.2, 0.25) is 5.92 Å². The molecule has 2 aliphatic carbocycles. The highest BCUT2D eigenvalue weighted by molar-refractivity contribution is 5.33. The largest absolute Gasteiger partial charge is 0.490 e. The molecule has 0 aromatic heterocycles. The number of benzene rings is 1. The Morgan fingerprint density at radius 3 is 2.46 bits per heavy atom. The van der Waals surface area contributed by atoms with Crippen LogP contribution in [0.2, 0.25) is 0 Å². The number of hydrogen-bond donors (Lipinski definition) is 0. The molecule has 2 saturated carbocycles. The number of aryl methyl sites for hydroxylation is 1. The molecule has 1 atom stereocenters. The fourth-order valence-electron chi connectivity index (χ4n) is 4.65. The van der Waals surface area contributed by atoms with Gasteiger partial charge in [-0.05, 0) is 55.6 Å². The molecule has 3 rings (SSSR count). The minimum absolute atomic E-state index is 0.0434. The van der Waals surface area contributed by atoms with E-state index in [0.717, 1.165) is 24.0 Å². The molecule has 1 unspecified atom stereocenters. The molecule has 0 bridgehead atoms. The van der Waals surface area contributed by atoms with E-state index in [4.69, 9.17) is 4.74 Å². The molecule has 2 fully saturated rings. The number of hydrogen-bond acceptors (Lipinski definition) is 1. The van der Waals surface area contributed by atoms with Crippen molar-refractivity contribution < 1.29 is 13.5 Å². The van der Waals surface area contributed by atoms with Gasteiger partial charge in [-0.3, -0.25) is 0 Å². The molecule has 0 saturated heterocycles. The number of ether oxygens (including phenoxy) is 1. The first kappa shape index (κ1) is 19.6. The molecule has 0 radical (unpaired) electrons. The molecule has 1 nitrogen and oxygen atoms in total. The minimum Gasteiger partial charge on any atom is -0.490 e. The third-order valence-corrected chi connectivity index (χ3v) is 6.30. The second-order valence-electron chi connectivity index (χ2n) is 8.66. The van der Waals surface area contributed by atoms with Crippen molar-refractivity contribution in [1.82, 2.24) is 0 Å². The second kappa shape index (κ2) is 9.19. The first-order chi connectivity index (χ1) is 12.5. The van der Waals surface area contributed by atoms with E-state index in [-0.39, 0.29) is 18.9 Å². The van der Waals surface area contributed by atoms with Crippen LogP contribution in [0.25, 0.3) is 0 Å². The summed E-state index contributed by atoms with van der Waals surface area (Å²) in [5.41, 5.74) is 1.24. The first-order valence-corrected chi connectivity index (χ1v) is 10.6. The van der Waals surface area contributed by atoms with Crippen molar-refractivity contribution in [3.8, 4) is 5.75 Å². The average molecular weight is 365 g/mol. The maximum absolute atomic E-state index is 13.3. The van der Waals surface area contributed by atoms with Gasteiger partial charge in [-0.15, -0.1) is 0 Å². The standard InChI is InChI=1S/C23H34F2O/c1-18(17-19-7-3-2-4-8-19)11-12-20-9-5-6-10-22(20)26-21-13-15-23(24,25)16-14-21/h5-6,9-10,18-19,21H,2-4,7-8,11-17H2,1H3. The molecule has 1 aromatic rings. The lowest BCUT2D eigenvalue weighted by Gasteiger charge is -2.29. The number of rotatable bonds is 7. The van der Waals surface area contributed by atoms with Crippen molar-refractivity contribution in [1.29, 1.82) is 0 Å². The summed E-state index contributed by atoms with van der Waals surface area (Å²) in [6.45, 7) is 2.38. The van der Waals surface area contributed by atoms with Crippen LogP contribution in [0.3, 0.4) is 0 Å². The van der Waals surface area contributed by atoms with Crippen LogP contribution >= 0.6 is 0 Å². The summed E-state index contributed by atoms with van der Waals surface area (Å²) in [5, 5.41) is 0. The van der Waals surface area contributed by atoms with Crippen molar-refractivity contribution in [3.63, 3.8) is 0 Å². The van der Waals surface area contributed by atoms with E-state index in [2.05, 4.69) is 19.1 Å². The molecule has 0 amide bonds. The van der Waals surface area contributed by atoms with Crippen LogP contribution in [0.15, 0.2) is 24.3 Å². The van der Waals surface area contributed by atoms with Gasteiger partial charge in [0.05, 0.1) is 6.10 Å². The van der Waals surface area contributed by atoms with E-state index in [1.165, 1.54) is 50.5 Å². The normalized spacial score (nSPS) is 22.9. The summed E-state index contributed by atoms with van der Waals surface area (Å²) in [6.07, 6.45) is 11.4. The molecule has 0 spiro atoms. The molecule has 146 valence electrons. The fourth-order valence-corrected chi connectivity index (χ4v) is 4.65. The summed E-state index contributed by atoms with van der Waals surface area (Å²) in [4.78, 5) is 0. The van der Waals surface area contributed by atoms with E-state index >= 15 is 0 Å². The van der Waals surface area contributed by atoms with Gasteiger partial charge in [0, 0.05) is 12.8 Å². The van der Waals surface area contributed by atoms with Crippen molar-refractivity contribution in [2.45, 2.75) is 96.0 Å².